The first-order valence-corrected chi connectivity index (χ1v) is 7.05. The van der Waals surface area contributed by atoms with Crippen molar-refractivity contribution < 1.29 is 0 Å². The molecule has 0 aliphatic heterocycles. The summed E-state index contributed by atoms with van der Waals surface area (Å²) in [7, 11) is 0. The third kappa shape index (κ3) is 3.58. The molecule has 0 radical (unpaired) electrons. The van der Waals surface area contributed by atoms with Crippen LogP contribution in [0.25, 0.3) is 0 Å². The topological polar surface area (TPSA) is 12.0 Å². The number of thiocarbonyl (C=S) groups is 1. The van der Waals surface area contributed by atoms with E-state index in [4.69, 9.17) is 12.2 Å². The summed E-state index contributed by atoms with van der Waals surface area (Å²) in [6, 6.07) is 16.8. The van der Waals surface area contributed by atoms with Crippen molar-refractivity contribution in [2.45, 2.75) is 19.9 Å². The van der Waals surface area contributed by atoms with E-state index >= 15 is 0 Å². The molecule has 0 aliphatic rings. The predicted octanol–water partition coefficient (Wildman–Crippen LogP) is 4.20. The normalized spacial score (nSPS) is 11.9. The summed E-state index contributed by atoms with van der Waals surface area (Å²) in [6.07, 6.45) is 0. The van der Waals surface area contributed by atoms with E-state index in [0.717, 1.165) is 0 Å². The molecule has 0 heterocycles. The summed E-state index contributed by atoms with van der Waals surface area (Å²) in [4.78, 5) is 0. The van der Waals surface area contributed by atoms with Gasteiger partial charge in [0.2, 0.25) is 0 Å². The molecule has 2 aromatic carbocycles. The molecule has 1 unspecified atom stereocenters. The number of thiol groups is 1. The highest BCUT2D eigenvalue weighted by atomic mass is 32.1. The molecule has 0 saturated heterocycles. The standard InChI is InChI=1S/C16H17NS2/c1-11-8-9-14(12(2)10-11)15(17-16(18)19)13-6-4-3-5-7-13/h3-10,15H,1-2H3,(H2,17,18,19). The van der Waals surface area contributed by atoms with Crippen molar-refractivity contribution in [3.05, 3.63) is 70.8 Å². The average Bonchev–Trinajstić information content (AvgIpc) is 2.37. The largest absolute Gasteiger partial charge is 0.360 e. The van der Waals surface area contributed by atoms with Gasteiger partial charge in [-0.1, -0.05) is 66.3 Å². The number of hydrogen-bond donors (Lipinski definition) is 2. The van der Waals surface area contributed by atoms with Gasteiger partial charge in [-0.05, 0) is 30.5 Å². The minimum absolute atomic E-state index is 0.0480. The van der Waals surface area contributed by atoms with Crippen LogP contribution in [0.15, 0.2) is 48.5 Å². The lowest BCUT2D eigenvalue weighted by Crippen LogP contribution is -2.25. The van der Waals surface area contributed by atoms with Crippen molar-refractivity contribution >= 4 is 29.2 Å². The molecule has 0 saturated carbocycles. The molecule has 0 aliphatic carbocycles. The maximum Gasteiger partial charge on any atom is 0.131 e. The van der Waals surface area contributed by atoms with Gasteiger partial charge < -0.3 is 5.32 Å². The molecule has 0 spiro atoms. The Labute approximate surface area is 125 Å². The molecule has 98 valence electrons. The van der Waals surface area contributed by atoms with Crippen LogP contribution in [-0.4, -0.2) is 4.32 Å². The summed E-state index contributed by atoms with van der Waals surface area (Å²) >= 11 is 9.31. The Kier molecular flexibility index (Phi) is 4.61. The monoisotopic (exact) mass is 287 g/mol. The molecular weight excluding hydrogens is 270 g/mol. The summed E-state index contributed by atoms with van der Waals surface area (Å²) in [6.45, 7) is 4.23. The Morgan fingerprint density at radius 1 is 1.11 bits per heavy atom. The zero-order chi connectivity index (χ0) is 13.8. The van der Waals surface area contributed by atoms with Gasteiger partial charge in [-0.15, -0.1) is 12.6 Å². The second-order valence-corrected chi connectivity index (χ2v) is 5.81. The van der Waals surface area contributed by atoms with Crippen LogP contribution in [0, 0.1) is 13.8 Å². The number of aryl methyl sites for hydroxylation is 2. The molecule has 19 heavy (non-hydrogen) atoms. The van der Waals surface area contributed by atoms with E-state index in [-0.39, 0.29) is 6.04 Å². The fraction of sp³-hybridized carbons (Fsp3) is 0.188. The molecule has 3 heteroatoms. The summed E-state index contributed by atoms with van der Waals surface area (Å²) in [5.41, 5.74) is 4.94. The van der Waals surface area contributed by atoms with Gasteiger partial charge in [-0.3, -0.25) is 0 Å². The summed E-state index contributed by atoms with van der Waals surface area (Å²) in [5, 5.41) is 3.27. The minimum atomic E-state index is 0.0480. The van der Waals surface area contributed by atoms with E-state index < -0.39 is 0 Å². The molecule has 0 aromatic heterocycles. The smallest absolute Gasteiger partial charge is 0.131 e. The predicted molar refractivity (Wildman–Crippen MR) is 88.9 cm³/mol. The second kappa shape index (κ2) is 6.22. The number of benzene rings is 2. The van der Waals surface area contributed by atoms with Crippen LogP contribution < -0.4 is 5.32 Å². The van der Waals surface area contributed by atoms with Crippen molar-refractivity contribution in [3.8, 4) is 0 Å². The highest BCUT2D eigenvalue weighted by molar-refractivity contribution is 8.11. The van der Waals surface area contributed by atoms with Crippen molar-refractivity contribution in [2.24, 2.45) is 0 Å². The first-order valence-electron chi connectivity index (χ1n) is 6.19. The van der Waals surface area contributed by atoms with Crippen molar-refractivity contribution in [1.82, 2.24) is 5.32 Å². The second-order valence-electron chi connectivity index (χ2n) is 4.65. The van der Waals surface area contributed by atoms with Crippen molar-refractivity contribution in [1.29, 1.82) is 0 Å². The molecule has 1 atom stereocenters. The van der Waals surface area contributed by atoms with Crippen LogP contribution in [0.3, 0.4) is 0 Å². The Balaban J connectivity index is 2.46. The Hall–Kier alpha value is -1.32. The third-order valence-electron chi connectivity index (χ3n) is 3.14. The quantitative estimate of drug-likeness (QED) is 0.648. The van der Waals surface area contributed by atoms with Crippen LogP contribution in [0.4, 0.5) is 0 Å². The summed E-state index contributed by atoms with van der Waals surface area (Å²) < 4.78 is 0.508. The minimum Gasteiger partial charge on any atom is -0.360 e. The average molecular weight is 287 g/mol. The molecule has 2 aromatic rings. The van der Waals surface area contributed by atoms with Gasteiger partial charge in [0.05, 0.1) is 6.04 Å². The van der Waals surface area contributed by atoms with E-state index in [1.165, 1.54) is 22.3 Å². The molecular formula is C16H17NS2. The van der Waals surface area contributed by atoms with Gasteiger partial charge >= 0.3 is 0 Å². The lowest BCUT2D eigenvalue weighted by atomic mass is 9.94. The maximum atomic E-state index is 5.09. The van der Waals surface area contributed by atoms with E-state index in [1.807, 2.05) is 18.2 Å². The zero-order valence-corrected chi connectivity index (χ0v) is 12.8. The fourth-order valence-electron chi connectivity index (χ4n) is 2.26. The molecule has 0 amide bonds. The van der Waals surface area contributed by atoms with Gasteiger partial charge in [-0.2, -0.15) is 0 Å². The molecule has 0 fully saturated rings. The van der Waals surface area contributed by atoms with E-state index in [1.54, 1.807) is 0 Å². The van der Waals surface area contributed by atoms with Crippen LogP contribution in [0.2, 0.25) is 0 Å². The highest BCUT2D eigenvalue weighted by Gasteiger charge is 2.16. The molecule has 1 N–H and O–H groups in total. The third-order valence-corrected chi connectivity index (χ3v) is 3.38. The van der Waals surface area contributed by atoms with E-state index in [9.17, 15) is 0 Å². The Bertz CT molecular complexity index is 579. The van der Waals surface area contributed by atoms with Crippen LogP contribution in [0.1, 0.15) is 28.3 Å². The SMILES string of the molecule is Cc1ccc(C(NC(=S)S)c2ccccc2)c(C)c1. The number of rotatable bonds is 3. The van der Waals surface area contributed by atoms with Gasteiger partial charge in [0.25, 0.3) is 0 Å². The Morgan fingerprint density at radius 3 is 2.37 bits per heavy atom. The van der Waals surface area contributed by atoms with E-state index in [2.05, 4.69) is 62.1 Å². The van der Waals surface area contributed by atoms with Crippen LogP contribution >= 0.6 is 24.8 Å². The summed E-state index contributed by atoms with van der Waals surface area (Å²) in [5.74, 6) is 0. The maximum absolute atomic E-state index is 5.09. The van der Waals surface area contributed by atoms with Crippen molar-refractivity contribution in [3.63, 3.8) is 0 Å². The van der Waals surface area contributed by atoms with Crippen LogP contribution in [-0.2, 0) is 0 Å². The lowest BCUT2D eigenvalue weighted by Gasteiger charge is -2.22. The first-order chi connectivity index (χ1) is 9.08. The molecule has 0 bridgehead atoms. The van der Waals surface area contributed by atoms with E-state index in [0.29, 0.717) is 4.32 Å². The van der Waals surface area contributed by atoms with Crippen LogP contribution in [0.5, 0.6) is 0 Å². The van der Waals surface area contributed by atoms with Gasteiger partial charge in [0, 0.05) is 0 Å². The molecule has 2 rings (SSSR count). The number of hydrogen-bond acceptors (Lipinski definition) is 1. The highest BCUT2D eigenvalue weighted by Crippen LogP contribution is 2.25. The first kappa shape index (κ1) is 14.1. The Morgan fingerprint density at radius 2 is 1.79 bits per heavy atom. The fourth-order valence-corrected chi connectivity index (χ4v) is 2.51. The van der Waals surface area contributed by atoms with Gasteiger partial charge in [0.15, 0.2) is 0 Å². The number of nitrogens with one attached hydrogen (secondary N) is 1. The lowest BCUT2D eigenvalue weighted by molar-refractivity contribution is 0.770. The van der Waals surface area contributed by atoms with Gasteiger partial charge in [-0.25, -0.2) is 0 Å². The van der Waals surface area contributed by atoms with Crippen molar-refractivity contribution in [2.75, 3.05) is 0 Å². The zero-order valence-electron chi connectivity index (χ0n) is 11.1. The van der Waals surface area contributed by atoms with Gasteiger partial charge in [0.1, 0.15) is 4.32 Å². The molecule has 1 nitrogen and oxygen atoms in total.